The standard InChI is InChI=1S/C10H16O3.C10H14O/c1-7(10(12)13-2)6-8-4-3-5-9(8)11;11-10-7-3-6-9(10)8-4-1-2-5-8/h7-8H,3-6H2,1-2H3;1-7H2. The number of allylic oxidation sites excluding steroid dienone is 2. The molecular formula is C20H30O4. The molecule has 4 nitrogen and oxygen atoms in total. The van der Waals surface area contributed by atoms with Gasteiger partial charge in [0.1, 0.15) is 5.78 Å². The van der Waals surface area contributed by atoms with Crippen LogP contribution < -0.4 is 0 Å². The average molecular weight is 334 g/mol. The summed E-state index contributed by atoms with van der Waals surface area (Å²) in [6.45, 7) is 1.82. The molecule has 0 N–H and O–H groups in total. The van der Waals surface area contributed by atoms with Crippen molar-refractivity contribution in [3.8, 4) is 0 Å². The molecule has 3 aliphatic carbocycles. The van der Waals surface area contributed by atoms with Crippen molar-refractivity contribution in [3.05, 3.63) is 11.1 Å². The average Bonchev–Trinajstić information content (AvgIpc) is 3.30. The molecule has 0 heterocycles. The van der Waals surface area contributed by atoms with Crippen molar-refractivity contribution in [3.63, 3.8) is 0 Å². The van der Waals surface area contributed by atoms with Crippen LogP contribution >= 0.6 is 0 Å². The molecule has 3 fully saturated rings. The van der Waals surface area contributed by atoms with E-state index in [0.29, 0.717) is 24.4 Å². The summed E-state index contributed by atoms with van der Waals surface area (Å²) in [5.74, 6) is 0.517. The molecule has 3 rings (SSSR count). The number of carbonyl (C=O) groups is 3. The molecule has 2 atom stereocenters. The maximum Gasteiger partial charge on any atom is 0.308 e. The van der Waals surface area contributed by atoms with Crippen molar-refractivity contribution in [2.45, 2.75) is 77.6 Å². The molecule has 0 spiro atoms. The van der Waals surface area contributed by atoms with Crippen LogP contribution in [0.15, 0.2) is 11.1 Å². The summed E-state index contributed by atoms with van der Waals surface area (Å²) < 4.78 is 4.61. The normalized spacial score (nSPS) is 24.8. The molecule has 3 saturated carbocycles. The first-order chi connectivity index (χ1) is 11.5. The molecule has 3 aliphatic rings. The number of ketones is 2. The Bertz CT molecular complexity index is 510. The zero-order chi connectivity index (χ0) is 17.5. The van der Waals surface area contributed by atoms with E-state index in [1.54, 1.807) is 0 Å². The van der Waals surface area contributed by atoms with Crippen LogP contribution in [-0.4, -0.2) is 24.6 Å². The summed E-state index contributed by atoms with van der Waals surface area (Å²) in [6, 6.07) is 0. The quantitative estimate of drug-likeness (QED) is 0.574. The number of ether oxygens (including phenoxy) is 1. The maximum absolute atomic E-state index is 11.3. The SMILES string of the molecule is COC(=O)C(C)CC1CCCC1=O.O=C1CCCC1=C1CCCC1. The van der Waals surface area contributed by atoms with Gasteiger partial charge < -0.3 is 4.74 Å². The molecule has 0 aromatic rings. The van der Waals surface area contributed by atoms with Gasteiger partial charge in [-0.2, -0.15) is 0 Å². The Labute approximate surface area is 145 Å². The van der Waals surface area contributed by atoms with E-state index in [-0.39, 0.29) is 17.8 Å². The highest BCUT2D eigenvalue weighted by Crippen LogP contribution is 2.33. The molecule has 134 valence electrons. The summed E-state index contributed by atoms with van der Waals surface area (Å²) in [4.78, 5) is 33.6. The van der Waals surface area contributed by atoms with Gasteiger partial charge in [0.2, 0.25) is 0 Å². The van der Waals surface area contributed by atoms with Gasteiger partial charge in [-0.15, -0.1) is 0 Å². The van der Waals surface area contributed by atoms with Gasteiger partial charge in [-0.05, 0) is 63.4 Å². The van der Waals surface area contributed by atoms with Gasteiger partial charge in [0.05, 0.1) is 13.0 Å². The first-order valence-electron chi connectivity index (χ1n) is 9.37. The fourth-order valence-corrected chi connectivity index (χ4v) is 4.05. The molecule has 0 bridgehead atoms. The van der Waals surface area contributed by atoms with Crippen molar-refractivity contribution >= 4 is 17.5 Å². The second kappa shape index (κ2) is 9.14. The predicted molar refractivity (Wildman–Crippen MR) is 92.5 cm³/mol. The van der Waals surface area contributed by atoms with Crippen molar-refractivity contribution in [1.29, 1.82) is 0 Å². The number of esters is 1. The first kappa shape index (κ1) is 18.9. The molecular weight excluding hydrogens is 304 g/mol. The first-order valence-corrected chi connectivity index (χ1v) is 9.37. The molecule has 0 radical (unpaired) electrons. The Morgan fingerprint density at radius 2 is 1.75 bits per heavy atom. The van der Waals surface area contributed by atoms with Crippen molar-refractivity contribution in [2.75, 3.05) is 7.11 Å². The van der Waals surface area contributed by atoms with E-state index in [4.69, 9.17) is 0 Å². The Kier molecular flexibility index (Phi) is 7.19. The van der Waals surface area contributed by atoms with E-state index >= 15 is 0 Å². The number of carbonyl (C=O) groups excluding carboxylic acids is 3. The lowest BCUT2D eigenvalue weighted by Crippen LogP contribution is -2.18. The molecule has 0 saturated heterocycles. The van der Waals surface area contributed by atoms with E-state index in [1.807, 2.05) is 6.92 Å². The number of rotatable bonds is 3. The van der Waals surface area contributed by atoms with Crippen LogP contribution in [0.25, 0.3) is 0 Å². The summed E-state index contributed by atoms with van der Waals surface area (Å²) >= 11 is 0. The van der Waals surface area contributed by atoms with Gasteiger partial charge in [-0.3, -0.25) is 14.4 Å². The van der Waals surface area contributed by atoms with Crippen LogP contribution in [0.2, 0.25) is 0 Å². The van der Waals surface area contributed by atoms with Crippen LogP contribution in [0.1, 0.15) is 77.6 Å². The molecule has 0 aromatic heterocycles. The minimum atomic E-state index is -0.209. The Morgan fingerprint density at radius 1 is 1.04 bits per heavy atom. The second-order valence-corrected chi connectivity index (χ2v) is 7.28. The second-order valence-electron chi connectivity index (χ2n) is 7.28. The summed E-state index contributed by atoms with van der Waals surface area (Å²) in [7, 11) is 1.38. The molecule has 0 aromatic carbocycles. The Morgan fingerprint density at radius 3 is 2.25 bits per heavy atom. The van der Waals surface area contributed by atoms with Crippen LogP contribution in [-0.2, 0) is 19.1 Å². The Balaban J connectivity index is 0.000000175. The van der Waals surface area contributed by atoms with Crippen molar-refractivity contribution < 1.29 is 19.1 Å². The van der Waals surface area contributed by atoms with Gasteiger partial charge in [0, 0.05) is 18.8 Å². The lowest BCUT2D eigenvalue weighted by atomic mass is 9.94. The third-order valence-electron chi connectivity index (χ3n) is 5.47. The number of hydrogen-bond acceptors (Lipinski definition) is 4. The monoisotopic (exact) mass is 334 g/mol. The number of Topliss-reactive ketones (excluding diaryl/α,β-unsaturated/α-hetero) is 2. The fraction of sp³-hybridized carbons (Fsp3) is 0.750. The van der Waals surface area contributed by atoms with Crippen LogP contribution in [0, 0.1) is 11.8 Å². The third kappa shape index (κ3) is 5.02. The van der Waals surface area contributed by atoms with Gasteiger partial charge >= 0.3 is 5.97 Å². The van der Waals surface area contributed by atoms with E-state index in [1.165, 1.54) is 43.9 Å². The lowest BCUT2D eigenvalue weighted by molar-refractivity contribution is -0.145. The van der Waals surface area contributed by atoms with Crippen LogP contribution in [0.5, 0.6) is 0 Å². The van der Waals surface area contributed by atoms with Gasteiger partial charge in [0.15, 0.2) is 5.78 Å². The molecule has 24 heavy (non-hydrogen) atoms. The summed E-state index contributed by atoms with van der Waals surface area (Å²) in [6.07, 6.45) is 11.3. The summed E-state index contributed by atoms with van der Waals surface area (Å²) in [5, 5.41) is 0. The zero-order valence-electron chi connectivity index (χ0n) is 15.1. The highest BCUT2D eigenvalue weighted by Gasteiger charge is 2.28. The van der Waals surface area contributed by atoms with Gasteiger partial charge in [-0.1, -0.05) is 12.5 Å². The molecule has 0 amide bonds. The van der Waals surface area contributed by atoms with Gasteiger partial charge in [-0.25, -0.2) is 0 Å². The largest absolute Gasteiger partial charge is 0.469 e. The van der Waals surface area contributed by atoms with Crippen LogP contribution in [0.4, 0.5) is 0 Å². The fourth-order valence-electron chi connectivity index (χ4n) is 4.05. The predicted octanol–water partition coefficient (Wildman–Crippen LogP) is 4.16. The maximum atomic E-state index is 11.3. The number of methoxy groups -OCH3 is 1. The topological polar surface area (TPSA) is 60.4 Å². The molecule has 4 heteroatoms. The smallest absolute Gasteiger partial charge is 0.308 e. The van der Waals surface area contributed by atoms with E-state index in [2.05, 4.69) is 4.74 Å². The molecule has 0 aliphatic heterocycles. The molecule has 2 unspecified atom stereocenters. The lowest BCUT2D eigenvalue weighted by Gasteiger charge is -2.12. The van der Waals surface area contributed by atoms with E-state index in [0.717, 1.165) is 32.1 Å². The Hall–Kier alpha value is -1.45. The highest BCUT2D eigenvalue weighted by atomic mass is 16.5. The summed E-state index contributed by atoms with van der Waals surface area (Å²) in [5.41, 5.74) is 2.70. The highest BCUT2D eigenvalue weighted by molar-refractivity contribution is 5.98. The minimum Gasteiger partial charge on any atom is -0.469 e. The van der Waals surface area contributed by atoms with Gasteiger partial charge in [0.25, 0.3) is 0 Å². The van der Waals surface area contributed by atoms with Crippen LogP contribution in [0.3, 0.4) is 0 Å². The minimum absolute atomic E-state index is 0.106. The number of hydrogen-bond donors (Lipinski definition) is 0. The van der Waals surface area contributed by atoms with Crippen molar-refractivity contribution in [1.82, 2.24) is 0 Å². The van der Waals surface area contributed by atoms with Crippen molar-refractivity contribution in [2.24, 2.45) is 11.8 Å². The van der Waals surface area contributed by atoms with E-state index in [9.17, 15) is 14.4 Å². The third-order valence-corrected chi connectivity index (χ3v) is 5.47. The zero-order valence-corrected chi connectivity index (χ0v) is 15.1. The van der Waals surface area contributed by atoms with E-state index < -0.39 is 0 Å².